The van der Waals surface area contributed by atoms with Crippen LogP contribution < -0.4 is 16.4 Å². The molecule has 5 heteroatoms. The van der Waals surface area contributed by atoms with Gasteiger partial charge in [-0.1, -0.05) is 13.8 Å². The van der Waals surface area contributed by atoms with Crippen molar-refractivity contribution in [1.82, 2.24) is 10.6 Å². The Morgan fingerprint density at radius 1 is 1.20 bits per heavy atom. The van der Waals surface area contributed by atoms with E-state index in [9.17, 15) is 9.59 Å². The summed E-state index contributed by atoms with van der Waals surface area (Å²) in [6.45, 7) is 6.34. The summed E-state index contributed by atoms with van der Waals surface area (Å²) in [7, 11) is 0. The van der Waals surface area contributed by atoms with E-state index in [1.165, 1.54) is 0 Å². The third-order valence-corrected chi connectivity index (χ3v) is 2.10. The van der Waals surface area contributed by atoms with Gasteiger partial charge in [-0.05, 0) is 12.8 Å². The minimum atomic E-state index is -0.178. The van der Waals surface area contributed by atoms with E-state index >= 15 is 0 Å². The van der Waals surface area contributed by atoms with Crippen LogP contribution in [0, 0.1) is 5.92 Å². The Hall–Kier alpha value is -1.10. The first-order valence-electron chi connectivity index (χ1n) is 5.26. The van der Waals surface area contributed by atoms with Gasteiger partial charge in [0.2, 0.25) is 11.8 Å². The first kappa shape index (κ1) is 13.9. The van der Waals surface area contributed by atoms with Gasteiger partial charge in [0, 0.05) is 19.0 Å². The molecule has 0 aliphatic heterocycles. The van der Waals surface area contributed by atoms with E-state index < -0.39 is 0 Å². The van der Waals surface area contributed by atoms with Crippen LogP contribution in [0.25, 0.3) is 0 Å². The molecular formula is C10H21N3O2. The lowest BCUT2D eigenvalue weighted by Gasteiger charge is -2.14. The van der Waals surface area contributed by atoms with Gasteiger partial charge >= 0.3 is 0 Å². The van der Waals surface area contributed by atoms with Gasteiger partial charge in [0.25, 0.3) is 0 Å². The van der Waals surface area contributed by atoms with Gasteiger partial charge in [-0.25, -0.2) is 0 Å². The molecule has 0 aliphatic carbocycles. The van der Waals surface area contributed by atoms with Crippen LogP contribution >= 0.6 is 0 Å². The van der Waals surface area contributed by atoms with E-state index in [1.54, 1.807) is 0 Å². The average molecular weight is 215 g/mol. The molecule has 15 heavy (non-hydrogen) atoms. The van der Waals surface area contributed by atoms with Gasteiger partial charge in [-0.2, -0.15) is 0 Å². The quantitative estimate of drug-likeness (QED) is 0.564. The number of carbonyl (C=O) groups is 2. The van der Waals surface area contributed by atoms with E-state index in [1.807, 2.05) is 20.8 Å². The maximum Gasteiger partial charge on any atom is 0.239 e. The maximum atomic E-state index is 11.3. The fourth-order valence-corrected chi connectivity index (χ4v) is 0.960. The van der Waals surface area contributed by atoms with Crippen LogP contribution in [0.1, 0.15) is 27.2 Å². The molecule has 1 unspecified atom stereocenters. The average Bonchev–Trinajstić information content (AvgIpc) is 2.15. The number of amides is 2. The summed E-state index contributed by atoms with van der Waals surface area (Å²) in [5, 5.41) is 5.11. The van der Waals surface area contributed by atoms with Crippen molar-refractivity contribution in [3.63, 3.8) is 0 Å². The molecule has 0 aromatic heterocycles. The summed E-state index contributed by atoms with van der Waals surface area (Å²) in [6, 6.07) is -0.153. The van der Waals surface area contributed by atoms with Crippen LogP contribution in [0.2, 0.25) is 0 Å². The Labute approximate surface area is 90.8 Å². The second kappa shape index (κ2) is 7.23. The summed E-state index contributed by atoms with van der Waals surface area (Å²) in [5.41, 5.74) is 5.72. The normalized spacial score (nSPS) is 12.3. The first-order chi connectivity index (χ1) is 6.97. The zero-order valence-electron chi connectivity index (χ0n) is 9.67. The molecular weight excluding hydrogens is 194 g/mol. The van der Waals surface area contributed by atoms with Crippen LogP contribution in [0.5, 0.6) is 0 Å². The largest absolute Gasteiger partial charge is 0.355 e. The van der Waals surface area contributed by atoms with Crippen LogP contribution in [0.15, 0.2) is 0 Å². The van der Waals surface area contributed by atoms with Crippen molar-refractivity contribution >= 4 is 11.8 Å². The SMILES string of the molecule is CCNC(=O)CNC(=O)CC(N)C(C)C. The van der Waals surface area contributed by atoms with E-state index in [0.717, 1.165) is 0 Å². The van der Waals surface area contributed by atoms with Crippen LogP contribution in [-0.4, -0.2) is 30.9 Å². The fraction of sp³-hybridized carbons (Fsp3) is 0.800. The zero-order chi connectivity index (χ0) is 11.8. The fourth-order valence-electron chi connectivity index (χ4n) is 0.960. The van der Waals surface area contributed by atoms with Gasteiger partial charge in [0.05, 0.1) is 6.54 Å². The Morgan fingerprint density at radius 3 is 2.27 bits per heavy atom. The summed E-state index contributed by atoms with van der Waals surface area (Å²) in [6.07, 6.45) is 0.261. The van der Waals surface area contributed by atoms with E-state index in [0.29, 0.717) is 6.54 Å². The van der Waals surface area contributed by atoms with Crippen LogP contribution in [0.3, 0.4) is 0 Å². The van der Waals surface area contributed by atoms with Crippen molar-refractivity contribution in [1.29, 1.82) is 0 Å². The third kappa shape index (κ3) is 6.90. The highest BCUT2D eigenvalue weighted by molar-refractivity contribution is 5.84. The van der Waals surface area contributed by atoms with Crippen molar-refractivity contribution in [2.24, 2.45) is 11.7 Å². The molecule has 4 N–H and O–H groups in total. The molecule has 0 aromatic carbocycles. The molecule has 88 valence electrons. The number of nitrogens with two attached hydrogens (primary N) is 1. The van der Waals surface area contributed by atoms with E-state index in [2.05, 4.69) is 10.6 Å². The molecule has 0 bridgehead atoms. The molecule has 0 rings (SSSR count). The van der Waals surface area contributed by atoms with Crippen molar-refractivity contribution in [2.45, 2.75) is 33.2 Å². The van der Waals surface area contributed by atoms with Gasteiger partial charge in [0.1, 0.15) is 0 Å². The number of hydrogen-bond donors (Lipinski definition) is 3. The second-order valence-corrected chi connectivity index (χ2v) is 3.84. The molecule has 5 nitrogen and oxygen atoms in total. The monoisotopic (exact) mass is 215 g/mol. The number of hydrogen-bond acceptors (Lipinski definition) is 3. The second-order valence-electron chi connectivity index (χ2n) is 3.84. The van der Waals surface area contributed by atoms with Gasteiger partial charge in [-0.15, -0.1) is 0 Å². The highest BCUT2D eigenvalue weighted by atomic mass is 16.2. The molecule has 2 amide bonds. The smallest absolute Gasteiger partial charge is 0.239 e. The molecule has 0 heterocycles. The van der Waals surface area contributed by atoms with E-state index in [4.69, 9.17) is 5.73 Å². The molecule has 0 fully saturated rings. The summed E-state index contributed by atoms with van der Waals surface area (Å²) in [4.78, 5) is 22.3. The lowest BCUT2D eigenvalue weighted by Crippen LogP contribution is -2.40. The third-order valence-electron chi connectivity index (χ3n) is 2.10. The Bertz CT molecular complexity index is 217. The number of carbonyl (C=O) groups excluding carboxylic acids is 2. The zero-order valence-corrected chi connectivity index (χ0v) is 9.67. The summed E-state index contributed by atoms with van der Waals surface area (Å²) >= 11 is 0. The number of likely N-dealkylation sites (N-methyl/N-ethyl adjacent to an activating group) is 1. The Balaban J connectivity index is 3.70. The van der Waals surface area contributed by atoms with Crippen molar-refractivity contribution in [3.8, 4) is 0 Å². The number of rotatable bonds is 6. The minimum Gasteiger partial charge on any atom is -0.355 e. The van der Waals surface area contributed by atoms with Crippen molar-refractivity contribution in [2.75, 3.05) is 13.1 Å². The van der Waals surface area contributed by atoms with Crippen molar-refractivity contribution in [3.05, 3.63) is 0 Å². The van der Waals surface area contributed by atoms with Crippen LogP contribution in [0.4, 0.5) is 0 Å². The first-order valence-corrected chi connectivity index (χ1v) is 5.26. The molecule has 0 saturated carbocycles. The molecule has 0 aromatic rings. The standard InChI is InChI=1S/C10H21N3O2/c1-4-12-10(15)6-13-9(14)5-8(11)7(2)3/h7-8H,4-6,11H2,1-3H3,(H,12,15)(H,13,14). The van der Waals surface area contributed by atoms with Gasteiger partial charge < -0.3 is 16.4 Å². The Kier molecular flexibility index (Phi) is 6.70. The van der Waals surface area contributed by atoms with Gasteiger partial charge in [-0.3, -0.25) is 9.59 Å². The molecule has 0 saturated heterocycles. The van der Waals surface area contributed by atoms with Crippen molar-refractivity contribution < 1.29 is 9.59 Å². The topological polar surface area (TPSA) is 84.2 Å². The minimum absolute atomic E-state index is 0.0253. The number of nitrogens with one attached hydrogen (secondary N) is 2. The maximum absolute atomic E-state index is 11.3. The lowest BCUT2D eigenvalue weighted by molar-refractivity contribution is -0.126. The van der Waals surface area contributed by atoms with Crippen LogP contribution in [-0.2, 0) is 9.59 Å². The Morgan fingerprint density at radius 2 is 1.80 bits per heavy atom. The molecule has 1 atom stereocenters. The predicted octanol–water partition coefficient (Wildman–Crippen LogP) is -0.388. The highest BCUT2D eigenvalue weighted by Crippen LogP contribution is 2.01. The predicted molar refractivity (Wildman–Crippen MR) is 59.1 cm³/mol. The summed E-state index contributed by atoms with van der Waals surface area (Å²) in [5.74, 6) is -0.0911. The summed E-state index contributed by atoms with van der Waals surface area (Å²) < 4.78 is 0. The molecule has 0 radical (unpaired) electrons. The lowest BCUT2D eigenvalue weighted by atomic mass is 10.0. The van der Waals surface area contributed by atoms with Gasteiger partial charge in [0.15, 0.2) is 0 Å². The molecule has 0 spiro atoms. The highest BCUT2D eigenvalue weighted by Gasteiger charge is 2.13. The van der Waals surface area contributed by atoms with E-state index in [-0.39, 0.29) is 36.7 Å². The molecule has 0 aliphatic rings.